The van der Waals surface area contributed by atoms with Gasteiger partial charge >= 0.3 is 0 Å². The fourth-order valence-electron chi connectivity index (χ4n) is 2.78. The van der Waals surface area contributed by atoms with E-state index < -0.39 is 6.10 Å². The molecule has 1 aromatic heterocycles. The SMILES string of the molecule is CC(O)c1nc2ccccc2n1CC(=O)N1CCCC1. The highest BCUT2D eigenvalue weighted by Gasteiger charge is 2.21. The van der Waals surface area contributed by atoms with Gasteiger partial charge in [-0.1, -0.05) is 12.1 Å². The highest BCUT2D eigenvalue weighted by atomic mass is 16.3. The normalized spacial score (nSPS) is 16.8. The van der Waals surface area contributed by atoms with Gasteiger partial charge in [-0.25, -0.2) is 4.98 Å². The molecule has 0 radical (unpaired) electrons. The van der Waals surface area contributed by atoms with Gasteiger partial charge in [0.2, 0.25) is 5.91 Å². The zero-order valence-corrected chi connectivity index (χ0v) is 11.6. The first-order valence-corrected chi connectivity index (χ1v) is 7.08. The van der Waals surface area contributed by atoms with Gasteiger partial charge in [-0.15, -0.1) is 0 Å². The number of carbonyl (C=O) groups excluding carboxylic acids is 1. The number of benzene rings is 1. The third kappa shape index (κ3) is 2.29. The van der Waals surface area contributed by atoms with Gasteiger partial charge in [0.1, 0.15) is 18.5 Å². The van der Waals surface area contributed by atoms with Crippen molar-refractivity contribution in [1.29, 1.82) is 0 Å². The lowest BCUT2D eigenvalue weighted by Gasteiger charge is -2.17. The summed E-state index contributed by atoms with van der Waals surface area (Å²) in [6.07, 6.45) is 1.48. The number of aliphatic hydroxyl groups is 1. The second kappa shape index (κ2) is 5.25. The van der Waals surface area contributed by atoms with Crippen molar-refractivity contribution in [3.05, 3.63) is 30.1 Å². The van der Waals surface area contributed by atoms with Gasteiger partial charge in [-0.2, -0.15) is 0 Å². The maximum absolute atomic E-state index is 12.3. The average Bonchev–Trinajstić information content (AvgIpc) is 3.06. The third-order valence-electron chi connectivity index (χ3n) is 3.81. The van der Waals surface area contributed by atoms with Crippen LogP contribution >= 0.6 is 0 Å². The van der Waals surface area contributed by atoms with E-state index in [4.69, 9.17) is 0 Å². The lowest BCUT2D eigenvalue weighted by molar-refractivity contribution is -0.130. The topological polar surface area (TPSA) is 58.4 Å². The van der Waals surface area contributed by atoms with Crippen LogP contribution in [-0.4, -0.2) is 38.6 Å². The Balaban J connectivity index is 1.96. The van der Waals surface area contributed by atoms with Crippen LogP contribution in [0.3, 0.4) is 0 Å². The highest BCUT2D eigenvalue weighted by molar-refractivity contribution is 5.81. The summed E-state index contributed by atoms with van der Waals surface area (Å²) in [7, 11) is 0. The van der Waals surface area contributed by atoms with Crippen LogP contribution in [0.2, 0.25) is 0 Å². The molecule has 2 heterocycles. The van der Waals surface area contributed by atoms with Crippen molar-refractivity contribution in [2.75, 3.05) is 13.1 Å². The number of nitrogens with zero attached hydrogens (tertiary/aromatic N) is 3. The Morgan fingerprint density at radius 1 is 1.35 bits per heavy atom. The predicted octanol–water partition coefficient (Wildman–Crippen LogP) is 1.71. The summed E-state index contributed by atoms with van der Waals surface area (Å²) in [5.41, 5.74) is 1.72. The molecule has 0 saturated carbocycles. The first-order chi connectivity index (χ1) is 9.66. The number of rotatable bonds is 3. The zero-order chi connectivity index (χ0) is 14.1. The summed E-state index contributed by atoms with van der Waals surface area (Å²) in [5.74, 6) is 0.659. The van der Waals surface area contributed by atoms with E-state index in [0.717, 1.165) is 37.0 Å². The van der Waals surface area contributed by atoms with Gasteiger partial charge in [-0.3, -0.25) is 4.79 Å². The van der Waals surface area contributed by atoms with Gasteiger partial charge in [0.15, 0.2) is 0 Å². The molecule has 1 saturated heterocycles. The van der Waals surface area contributed by atoms with Crippen LogP contribution in [0.4, 0.5) is 0 Å². The molecule has 5 heteroatoms. The van der Waals surface area contributed by atoms with Gasteiger partial charge in [0.05, 0.1) is 11.0 Å². The minimum atomic E-state index is -0.686. The van der Waals surface area contributed by atoms with Crippen molar-refractivity contribution in [2.45, 2.75) is 32.4 Å². The number of likely N-dealkylation sites (tertiary alicyclic amines) is 1. The van der Waals surface area contributed by atoms with Crippen molar-refractivity contribution in [2.24, 2.45) is 0 Å². The Kier molecular flexibility index (Phi) is 3.44. The van der Waals surface area contributed by atoms with Crippen LogP contribution in [0, 0.1) is 0 Å². The van der Waals surface area contributed by atoms with Crippen LogP contribution in [0.15, 0.2) is 24.3 Å². The molecule has 20 heavy (non-hydrogen) atoms. The fraction of sp³-hybridized carbons (Fsp3) is 0.467. The van der Waals surface area contributed by atoms with E-state index >= 15 is 0 Å². The first-order valence-electron chi connectivity index (χ1n) is 7.08. The van der Waals surface area contributed by atoms with Crippen molar-refractivity contribution < 1.29 is 9.90 Å². The van der Waals surface area contributed by atoms with Gasteiger partial charge < -0.3 is 14.6 Å². The Labute approximate surface area is 117 Å². The summed E-state index contributed by atoms with van der Waals surface area (Å²) in [6, 6.07) is 7.67. The fourth-order valence-corrected chi connectivity index (χ4v) is 2.78. The Morgan fingerprint density at radius 3 is 2.75 bits per heavy atom. The van der Waals surface area contributed by atoms with Crippen LogP contribution < -0.4 is 0 Å². The molecule has 0 bridgehead atoms. The second-order valence-corrected chi connectivity index (χ2v) is 5.31. The highest BCUT2D eigenvalue weighted by Crippen LogP contribution is 2.21. The minimum Gasteiger partial charge on any atom is -0.385 e. The number of para-hydroxylation sites is 2. The molecule has 1 aliphatic heterocycles. The molecular weight excluding hydrogens is 254 g/mol. The quantitative estimate of drug-likeness (QED) is 0.926. The van der Waals surface area contributed by atoms with Crippen LogP contribution in [-0.2, 0) is 11.3 Å². The molecule has 1 unspecified atom stereocenters. The van der Waals surface area contributed by atoms with Crippen molar-refractivity contribution >= 4 is 16.9 Å². The number of hydrogen-bond donors (Lipinski definition) is 1. The second-order valence-electron chi connectivity index (χ2n) is 5.31. The molecular formula is C15H19N3O2. The molecule has 1 N–H and O–H groups in total. The standard InChI is InChI=1S/C15H19N3O2/c1-11(19)15-16-12-6-2-3-7-13(12)18(15)10-14(20)17-8-4-5-9-17/h2-3,6-7,11,19H,4-5,8-10H2,1H3. The van der Waals surface area contributed by atoms with Crippen LogP contribution in [0.25, 0.3) is 11.0 Å². The molecule has 2 aromatic rings. The van der Waals surface area contributed by atoms with Gasteiger partial charge in [0.25, 0.3) is 0 Å². The molecule has 1 atom stereocenters. The number of amides is 1. The monoisotopic (exact) mass is 273 g/mol. The Morgan fingerprint density at radius 2 is 2.05 bits per heavy atom. The number of aliphatic hydroxyl groups excluding tert-OH is 1. The molecule has 1 aromatic carbocycles. The molecule has 1 amide bonds. The maximum atomic E-state index is 12.3. The number of fused-ring (bicyclic) bond motifs is 1. The lowest BCUT2D eigenvalue weighted by Crippen LogP contribution is -2.31. The van der Waals surface area contributed by atoms with Crippen LogP contribution in [0.1, 0.15) is 31.7 Å². The maximum Gasteiger partial charge on any atom is 0.242 e. The summed E-state index contributed by atoms with van der Waals surface area (Å²) >= 11 is 0. The molecule has 3 rings (SSSR count). The first kappa shape index (κ1) is 13.1. The van der Waals surface area contributed by atoms with E-state index in [9.17, 15) is 9.90 Å². The van der Waals surface area contributed by atoms with Crippen molar-refractivity contribution in [1.82, 2.24) is 14.5 Å². The van der Waals surface area contributed by atoms with E-state index in [1.165, 1.54) is 0 Å². The molecule has 0 aliphatic carbocycles. The van der Waals surface area contributed by atoms with Crippen molar-refractivity contribution in [3.8, 4) is 0 Å². The zero-order valence-electron chi connectivity index (χ0n) is 11.6. The lowest BCUT2D eigenvalue weighted by atomic mass is 10.3. The van der Waals surface area contributed by atoms with E-state index in [-0.39, 0.29) is 12.5 Å². The van der Waals surface area contributed by atoms with Gasteiger partial charge in [0, 0.05) is 13.1 Å². The average molecular weight is 273 g/mol. The minimum absolute atomic E-state index is 0.104. The number of hydrogen-bond acceptors (Lipinski definition) is 3. The Bertz CT molecular complexity index is 627. The predicted molar refractivity (Wildman–Crippen MR) is 76.2 cm³/mol. The molecule has 0 spiro atoms. The number of aromatic nitrogens is 2. The van der Waals surface area contributed by atoms with E-state index in [1.807, 2.05) is 33.7 Å². The van der Waals surface area contributed by atoms with E-state index in [0.29, 0.717) is 5.82 Å². The molecule has 1 aliphatic rings. The third-order valence-corrected chi connectivity index (χ3v) is 3.81. The Hall–Kier alpha value is -1.88. The summed E-state index contributed by atoms with van der Waals surface area (Å²) in [4.78, 5) is 18.7. The number of imidazole rings is 1. The molecule has 106 valence electrons. The molecule has 1 fully saturated rings. The number of carbonyl (C=O) groups is 1. The van der Waals surface area contributed by atoms with E-state index in [2.05, 4.69) is 4.98 Å². The smallest absolute Gasteiger partial charge is 0.242 e. The largest absolute Gasteiger partial charge is 0.385 e. The van der Waals surface area contributed by atoms with E-state index in [1.54, 1.807) is 6.92 Å². The van der Waals surface area contributed by atoms with Crippen molar-refractivity contribution in [3.63, 3.8) is 0 Å². The van der Waals surface area contributed by atoms with Crippen LogP contribution in [0.5, 0.6) is 0 Å². The summed E-state index contributed by atoms with van der Waals surface area (Å²) in [6.45, 7) is 3.61. The summed E-state index contributed by atoms with van der Waals surface area (Å²) in [5, 5.41) is 9.88. The molecule has 5 nitrogen and oxygen atoms in total. The summed E-state index contributed by atoms with van der Waals surface area (Å²) < 4.78 is 1.83. The van der Waals surface area contributed by atoms with Gasteiger partial charge in [-0.05, 0) is 31.9 Å².